The molecule has 3 rings (SSSR count). The first-order chi connectivity index (χ1) is 12.2. The zero-order valence-electron chi connectivity index (χ0n) is 13.4. The molecule has 3 heterocycles. The van der Waals surface area contributed by atoms with E-state index in [1.165, 1.54) is 25.3 Å². The van der Waals surface area contributed by atoms with Gasteiger partial charge in [-0.05, 0) is 31.2 Å². The van der Waals surface area contributed by atoms with Crippen LogP contribution in [0.25, 0.3) is 11.5 Å². The average Bonchev–Trinajstić information content (AvgIpc) is 3.21. The van der Waals surface area contributed by atoms with Gasteiger partial charge in [-0.25, -0.2) is 9.97 Å². The summed E-state index contributed by atoms with van der Waals surface area (Å²) < 4.78 is 48.6. The predicted octanol–water partition coefficient (Wildman–Crippen LogP) is 3.17. The molecule has 0 saturated carbocycles. The minimum absolute atomic E-state index is 0.0907. The van der Waals surface area contributed by atoms with Gasteiger partial charge in [-0.15, -0.1) is 0 Å². The zero-order chi connectivity index (χ0) is 18.9. The topological polar surface area (TPSA) is 107 Å². The van der Waals surface area contributed by atoms with E-state index in [0.29, 0.717) is 5.76 Å². The van der Waals surface area contributed by atoms with Crippen molar-refractivity contribution in [1.82, 2.24) is 15.3 Å². The van der Waals surface area contributed by atoms with Gasteiger partial charge in [0.2, 0.25) is 11.7 Å². The van der Waals surface area contributed by atoms with E-state index in [-0.39, 0.29) is 35.2 Å². The number of carbonyl (C=O) groups is 1. The van der Waals surface area contributed by atoms with Crippen LogP contribution in [0.1, 0.15) is 27.6 Å². The monoisotopic (exact) mass is 366 g/mol. The number of anilines is 1. The van der Waals surface area contributed by atoms with Gasteiger partial charge >= 0.3 is 6.18 Å². The number of rotatable bonds is 4. The smallest absolute Gasteiger partial charge is 0.449 e. The Hall–Kier alpha value is -3.30. The summed E-state index contributed by atoms with van der Waals surface area (Å²) in [6, 6.07) is 5.79. The molecule has 10 heteroatoms. The van der Waals surface area contributed by atoms with Crippen LogP contribution < -0.4 is 11.1 Å². The van der Waals surface area contributed by atoms with E-state index in [9.17, 15) is 18.0 Å². The number of amides is 1. The summed E-state index contributed by atoms with van der Waals surface area (Å²) in [7, 11) is 0. The molecule has 0 saturated heterocycles. The summed E-state index contributed by atoms with van der Waals surface area (Å²) in [5.41, 5.74) is 5.58. The Morgan fingerprint density at radius 2 is 2.08 bits per heavy atom. The normalized spacial score (nSPS) is 11.5. The lowest BCUT2D eigenvalue weighted by Gasteiger charge is -2.08. The average molecular weight is 366 g/mol. The zero-order valence-corrected chi connectivity index (χ0v) is 13.4. The van der Waals surface area contributed by atoms with Crippen molar-refractivity contribution in [2.24, 2.45) is 0 Å². The lowest BCUT2D eigenvalue weighted by atomic mass is 10.2. The molecule has 0 aliphatic rings. The van der Waals surface area contributed by atoms with Crippen LogP contribution in [0.3, 0.4) is 0 Å². The SMILES string of the molecule is Cc1cc(CNC(=O)c2cc(-c3ccco3)nc(N)n2)c(C(F)(F)F)o1. The molecule has 0 fully saturated rings. The highest BCUT2D eigenvalue weighted by atomic mass is 19.4. The quantitative estimate of drug-likeness (QED) is 0.734. The van der Waals surface area contributed by atoms with Crippen molar-refractivity contribution in [3.63, 3.8) is 0 Å². The Morgan fingerprint density at radius 3 is 2.73 bits per heavy atom. The minimum Gasteiger partial charge on any atom is -0.463 e. The van der Waals surface area contributed by atoms with Crippen molar-refractivity contribution in [2.75, 3.05) is 5.73 Å². The van der Waals surface area contributed by atoms with E-state index in [0.717, 1.165) is 0 Å². The molecule has 0 atom stereocenters. The standard InChI is InChI=1S/C16H13F3N4O3/c1-8-5-9(13(26-8)16(17,18)19)7-21-14(24)11-6-10(22-15(20)23-11)12-3-2-4-25-12/h2-6H,7H2,1H3,(H,21,24)(H2,20,22,23). The van der Waals surface area contributed by atoms with Gasteiger partial charge in [0, 0.05) is 12.1 Å². The highest BCUT2D eigenvalue weighted by molar-refractivity contribution is 5.93. The molecular weight excluding hydrogens is 353 g/mol. The van der Waals surface area contributed by atoms with Crippen molar-refractivity contribution < 1.29 is 26.8 Å². The summed E-state index contributed by atoms with van der Waals surface area (Å²) in [5, 5.41) is 2.37. The Kier molecular flexibility index (Phi) is 4.41. The summed E-state index contributed by atoms with van der Waals surface area (Å²) in [4.78, 5) is 20.0. The first-order valence-corrected chi connectivity index (χ1v) is 7.37. The molecule has 3 aromatic heterocycles. The van der Waals surface area contributed by atoms with E-state index in [4.69, 9.17) is 10.2 Å². The van der Waals surface area contributed by atoms with E-state index >= 15 is 0 Å². The third-order valence-corrected chi connectivity index (χ3v) is 3.38. The fraction of sp³-hybridized carbons (Fsp3) is 0.188. The molecule has 136 valence electrons. The lowest BCUT2D eigenvalue weighted by Crippen LogP contribution is -2.25. The number of hydrogen-bond donors (Lipinski definition) is 2. The van der Waals surface area contributed by atoms with Gasteiger partial charge < -0.3 is 19.9 Å². The molecule has 0 bridgehead atoms. The maximum Gasteiger partial charge on any atom is 0.449 e. The summed E-state index contributed by atoms with van der Waals surface area (Å²) in [6.45, 7) is 1.01. The Labute approximate surface area is 145 Å². The van der Waals surface area contributed by atoms with E-state index in [1.807, 2.05) is 0 Å². The van der Waals surface area contributed by atoms with Gasteiger partial charge in [-0.1, -0.05) is 0 Å². The van der Waals surface area contributed by atoms with Crippen LogP contribution in [-0.4, -0.2) is 15.9 Å². The van der Waals surface area contributed by atoms with Gasteiger partial charge in [0.15, 0.2) is 5.76 Å². The van der Waals surface area contributed by atoms with Crippen molar-refractivity contribution in [3.8, 4) is 11.5 Å². The Balaban J connectivity index is 1.80. The lowest BCUT2D eigenvalue weighted by molar-refractivity contribution is -0.154. The molecule has 3 N–H and O–H groups in total. The van der Waals surface area contributed by atoms with Gasteiger partial charge in [0.05, 0.1) is 6.26 Å². The second kappa shape index (κ2) is 6.54. The highest BCUT2D eigenvalue weighted by Gasteiger charge is 2.38. The maximum absolute atomic E-state index is 12.9. The molecule has 0 aromatic carbocycles. The van der Waals surface area contributed by atoms with E-state index in [1.54, 1.807) is 12.1 Å². The summed E-state index contributed by atoms with van der Waals surface area (Å²) >= 11 is 0. The molecule has 0 aliphatic carbocycles. The van der Waals surface area contributed by atoms with E-state index in [2.05, 4.69) is 19.7 Å². The van der Waals surface area contributed by atoms with Crippen molar-refractivity contribution in [3.05, 3.63) is 53.3 Å². The number of nitrogen functional groups attached to an aromatic ring is 1. The van der Waals surface area contributed by atoms with Crippen LogP contribution in [0.15, 0.2) is 39.4 Å². The number of nitrogens with one attached hydrogen (secondary N) is 1. The molecule has 26 heavy (non-hydrogen) atoms. The van der Waals surface area contributed by atoms with Gasteiger partial charge in [-0.2, -0.15) is 13.2 Å². The largest absolute Gasteiger partial charge is 0.463 e. The number of hydrogen-bond acceptors (Lipinski definition) is 6. The molecule has 0 unspecified atom stereocenters. The van der Waals surface area contributed by atoms with Gasteiger partial charge in [0.25, 0.3) is 5.91 Å². The Bertz CT molecular complexity index is 933. The van der Waals surface area contributed by atoms with Crippen molar-refractivity contribution in [2.45, 2.75) is 19.6 Å². The Morgan fingerprint density at radius 1 is 1.31 bits per heavy atom. The number of alkyl halides is 3. The number of aryl methyl sites for hydroxylation is 1. The molecule has 0 radical (unpaired) electrons. The van der Waals surface area contributed by atoms with Crippen LogP contribution in [0, 0.1) is 6.92 Å². The second-order valence-electron chi connectivity index (χ2n) is 5.37. The number of furan rings is 2. The molecular formula is C16H13F3N4O3. The van der Waals surface area contributed by atoms with Crippen LogP contribution in [0.4, 0.5) is 19.1 Å². The molecule has 7 nitrogen and oxygen atoms in total. The number of aromatic nitrogens is 2. The van der Waals surface area contributed by atoms with E-state index < -0.39 is 17.8 Å². The van der Waals surface area contributed by atoms with Crippen molar-refractivity contribution in [1.29, 1.82) is 0 Å². The van der Waals surface area contributed by atoms with Crippen LogP contribution in [-0.2, 0) is 12.7 Å². The second-order valence-corrected chi connectivity index (χ2v) is 5.37. The maximum atomic E-state index is 12.9. The molecule has 1 amide bonds. The van der Waals surface area contributed by atoms with Crippen LogP contribution in [0.5, 0.6) is 0 Å². The highest BCUT2D eigenvalue weighted by Crippen LogP contribution is 2.34. The third-order valence-electron chi connectivity index (χ3n) is 3.38. The first kappa shape index (κ1) is 17.5. The number of carbonyl (C=O) groups excluding carboxylic acids is 1. The first-order valence-electron chi connectivity index (χ1n) is 7.37. The van der Waals surface area contributed by atoms with Gasteiger partial charge in [0.1, 0.15) is 17.1 Å². The minimum atomic E-state index is -4.65. The predicted molar refractivity (Wildman–Crippen MR) is 83.8 cm³/mol. The van der Waals surface area contributed by atoms with Gasteiger partial charge in [-0.3, -0.25) is 4.79 Å². The van der Waals surface area contributed by atoms with Crippen LogP contribution in [0.2, 0.25) is 0 Å². The summed E-state index contributed by atoms with van der Waals surface area (Å²) in [5.74, 6) is -1.56. The third kappa shape index (κ3) is 3.68. The molecule has 0 aliphatic heterocycles. The van der Waals surface area contributed by atoms with Crippen LogP contribution >= 0.6 is 0 Å². The summed E-state index contributed by atoms with van der Waals surface area (Å²) in [6.07, 6.45) is -3.23. The molecule has 3 aromatic rings. The fourth-order valence-electron chi connectivity index (χ4n) is 2.34. The molecule has 0 spiro atoms. The number of halogens is 3. The fourth-order valence-corrected chi connectivity index (χ4v) is 2.34. The number of nitrogens with two attached hydrogens (primary N) is 1. The van der Waals surface area contributed by atoms with Crippen molar-refractivity contribution >= 4 is 11.9 Å². The number of nitrogens with zero attached hydrogens (tertiary/aromatic N) is 2.